The van der Waals surface area contributed by atoms with Gasteiger partial charge in [-0.05, 0) is 110 Å². The van der Waals surface area contributed by atoms with Crippen LogP contribution >= 0.6 is 0 Å². The average molecular weight is 593 g/mol. The van der Waals surface area contributed by atoms with Crippen molar-refractivity contribution in [1.29, 1.82) is 0 Å². The van der Waals surface area contributed by atoms with Gasteiger partial charge in [0.1, 0.15) is 11.9 Å². The minimum Gasteiger partial charge on any atom is -0.508 e. The number of hydrogen-bond acceptors (Lipinski definition) is 5. The molecule has 1 aromatic rings. The van der Waals surface area contributed by atoms with Gasteiger partial charge in [-0.15, -0.1) is 0 Å². The Morgan fingerprint density at radius 3 is 2.07 bits per heavy atom. The van der Waals surface area contributed by atoms with Crippen molar-refractivity contribution < 1.29 is 29.6 Å². The van der Waals surface area contributed by atoms with Crippen LogP contribution in [0.15, 0.2) is 35.9 Å². The number of allylic oxidation sites excluding steroid dienone is 2. The number of hydrogen-bond donors (Lipinski definition) is 3. The number of carboxylic acid groups (broad SMARTS) is 1. The Morgan fingerprint density at radius 1 is 0.837 bits per heavy atom. The lowest BCUT2D eigenvalue weighted by Crippen LogP contribution is -2.67. The molecule has 3 N–H and O–H groups in total. The number of aliphatic carboxylic acids is 1. The van der Waals surface area contributed by atoms with Crippen molar-refractivity contribution >= 4 is 11.9 Å². The molecule has 43 heavy (non-hydrogen) atoms. The SMILES string of the molecule is CC1(C)CC[C@]2(C(=O)O)CC=C3[C@]4(C)CCC5C(C)(C)[C@@H](OC(=O)c6ccc(O)cc6)C[C@@H](O)[C@]5(C)C4CC[C@@]3(C)C2C1. The first kappa shape index (κ1) is 30.7. The lowest BCUT2D eigenvalue weighted by atomic mass is 9.34. The van der Waals surface area contributed by atoms with Crippen LogP contribution in [0, 0.1) is 50.2 Å². The first-order chi connectivity index (χ1) is 19.9. The van der Waals surface area contributed by atoms with Crippen molar-refractivity contribution in [3.8, 4) is 5.75 Å². The van der Waals surface area contributed by atoms with Crippen molar-refractivity contribution in [2.75, 3.05) is 0 Å². The molecule has 6 rings (SSSR count). The summed E-state index contributed by atoms with van der Waals surface area (Å²) in [4.78, 5) is 26.1. The highest BCUT2D eigenvalue weighted by Gasteiger charge is 2.70. The van der Waals surface area contributed by atoms with E-state index in [0.29, 0.717) is 18.4 Å². The molecule has 1 aromatic carbocycles. The third-order valence-electron chi connectivity index (χ3n) is 14.2. The van der Waals surface area contributed by atoms with Crippen LogP contribution in [0.1, 0.15) is 117 Å². The largest absolute Gasteiger partial charge is 0.508 e. The molecule has 4 saturated carbocycles. The van der Waals surface area contributed by atoms with Crippen LogP contribution in [0.2, 0.25) is 0 Å². The van der Waals surface area contributed by atoms with E-state index in [4.69, 9.17) is 4.74 Å². The number of rotatable bonds is 3. The van der Waals surface area contributed by atoms with E-state index < -0.39 is 29.6 Å². The van der Waals surface area contributed by atoms with Gasteiger partial charge in [0.15, 0.2) is 0 Å². The van der Waals surface area contributed by atoms with E-state index in [1.807, 2.05) is 0 Å². The van der Waals surface area contributed by atoms with E-state index in [1.165, 1.54) is 17.7 Å². The van der Waals surface area contributed by atoms with Gasteiger partial charge in [0.25, 0.3) is 0 Å². The van der Waals surface area contributed by atoms with Gasteiger partial charge < -0.3 is 20.1 Å². The highest BCUT2D eigenvalue weighted by atomic mass is 16.5. The summed E-state index contributed by atoms with van der Waals surface area (Å²) >= 11 is 0. The Bertz CT molecular complexity index is 1340. The van der Waals surface area contributed by atoms with Crippen LogP contribution in [-0.2, 0) is 9.53 Å². The normalized spacial score (nSPS) is 44.5. The Kier molecular flexibility index (Phi) is 6.83. The lowest BCUT2D eigenvalue weighted by molar-refractivity contribution is -0.230. The molecule has 236 valence electrons. The lowest BCUT2D eigenvalue weighted by Gasteiger charge is -2.70. The van der Waals surface area contributed by atoms with Gasteiger partial charge in [-0.2, -0.15) is 0 Å². The van der Waals surface area contributed by atoms with Crippen LogP contribution < -0.4 is 0 Å². The molecule has 6 heteroatoms. The molecular weight excluding hydrogens is 540 g/mol. The van der Waals surface area contributed by atoms with Crippen molar-refractivity contribution in [2.45, 2.75) is 118 Å². The fourth-order valence-corrected chi connectivity index (χ4v) is 11.8. The minimum absolute atomic E-state index is 0.100. The zero-order valence-corrected chi connectivity index (χ0v) is 27.2. The number of benzene rings is 1. The Morgan fingerprint density at radius 2 is 1.44 bits per heavy atom. The van der Waals surface area contributed by atoms with Gasteiger partial charge in [0.2, 0.25) is 0 Å². The van der Waals surface area contributed by atoms with E-state index in [1.54, 1.807) is 12.1 Å². The van der Waals surface area contributed by atoms with Crippen LogP contribution in [0.3, 0.4) is 0 Å². The maximum atomic E-state index is 13.1. The molecule has 5 aliphatic carbocycles. The molecule has 0 spiro atoms. The zero-order chi connectivity index (χ0) is 31.4. The predicted octanol–water partition coefficient (Wildman–Crippen LogP) is 7.77. The minimum atomic E-state index is -0.682. The van der Waals surface area contributed by atoms with E-state index in [9.17, 15) is 24.9 Å². The van der Waals surface area contributed by atoms with Crippen molar-refractivity contribution in [1.82, 2.24) is 0 Å². The molecule has 0 aromatic heterocycles. The van der Waals surface area contributed by atoms with Gasteiger partial charge in [-0.25, -0.2) is 4.79 Å². The highest BCUT2D eigenvalue weighted by molar-refractivity contribution is 5.89. The van der Waals surface area contributed by atoms with Crippen molar-refractivity contribution in [3.05, 3.63) is 41.5 Å². The quantitative estimate of drug-likeness (QED) is 0.245. The van der Waals surface area contributed by atoms with Gasteiger partial charge in [0.05, 0.1) is 17.1 Å². The first-order valence-electron chi connectivity index (χ1n) is 16.5. The third kappa shape index (κ3) is 4.20. The summed E-state index contributed by atoms with van der Waals surface area (Å²) in [6.07, 6.45) is 8.79. The molecule has 5 aliphatic rings. The summed E-state index contributed by atoms with van der Waals surface area (Å²) in [7, 11) is 0. The van der Waals surface area contributed by atoms with Gasteiger partial charge >= 0.3 is 11.9 Å². The second-order valence-corrected chi connectivity index (χ2v) is 17.1. The van der Waals surface area contributed by atoms with Gasteiger partial charge in [0, 0.05) is 17.3 Å². The van der Waals surface area contributed by atoms with Crippen LogP contribution in [0.4, 0.5) is 0 Å². The Hall–Kier alpha value is -2.34. The predicted molar refractivity (Wildman–Crippen MR) is 165 cm³/mol. The van der Waals surface area contributed by atoms with Gasteiger partial charge in [-0.1, -0.05) is 60.1 Å². The zero-order valence-electron chi connectivity index (χ0n) is 27.2. The van der Waals surface area contributed by atoms with Crippen molar-refractivity contribution in [3.63, 3.8) is 0 Å². The number of phenolic OH excluding ortho intramolecular Hbond substituents is 1. The Labute approximate surface area is 257 Å². The molecule has 0 saturated heterocycles. The fourth-order valence-electron chi connectivity index (χ4n) is 11.8. The summed E-state index contributed by atoms with van der Waals surface area (Å²) in [6.45, 7) is 16.1. The number of aliphatic hydroxyl groups is 1. The number of esters is 1. The Balaban J connectivity index is 1.33. The molecule has 0 bridgehead atoms. The summed E-state index contributed by atoms with van der Waals surface area (Å²) in [6, 6.07) is 6.12. The second-order valence-electron chi connectivity index (χ2n) is 17.1. The maximum absolute atomic E-state index is 13.1. The van der Waals surface area contributed by atoms with E-state index in [0.717, 1.165) is 44.9 Å². The number of carbonyl (C=O) groups is 2. The first-order valence-corrected chi connectivity index (χ1v) is 16.5. The number of ether oxygens (including phenoxy) is 1. The smallest absolute Gasteiger partial charge is 0.338 e. The van der Waals surface area contributed by atoms with Crippen LogP contribution in [-0.4, -0.2) is 39.5 Å². The monoisotopic (exact) mass is 592 g/mol. The van der Waals surface area contributed by atoms with Crippen LogP contribution in [0.5, 0.6) is 5.75 Å². The van der Waals surface area contributed by atoms with Crippen LogP contribution in [0.25, 0.3) is 0 Å². The third-order valence-corrected chi connectivity index (χ3v) is 14.2. The molecule has 0 heterocycles. The summed E-state index contributed by atoms with van der Waals surface area (Å²) in [5.41, 5.74) is 0.333. The average Bonchev–Trinajstić information content (AvgIpc) is 2.91. The van der Waals surface area contributed by atoms with E-state index in [-0.39, 0.29) is 50.6 Å². The number of carbonyl (C=O) groups excluding carboxylic acids is 1. The fraction of sp³-hybridized carbons (Fsp3) is 0.730. The molecule has 4 fully saturated rings. The standard InChI is InChI=1S/C37H52O6/c1-32(2)18-19-37(31(41)42)17-14-25-34(5)15-12-24-33(3,4)29(43-30(40)22-8-10-23(38)11-9-22)20-28(39)36(24,7)26(34)13-16-35(25,6)27(37)21-32/h8-11,14,24,26-29,38-39H,12-13,15-21H2,1-7H3,(H,41,42)/t24?,26?,27?,28-,29+,34+,35-,36+,37-/m1/s1. The molecule has 9 atom stereocenters. The summed E-state index contributed by atoms with van der Waals surface area (Å²) in [5.74, 6) is -0.406. The molecule has 0 radical (unpaired) electrons. The maximum Gasteiger partial charge on any atom is 0.338 e. The number of aliphatic hydroxyl groups excluding tert-OH is 1. The molecule has 0 amide bonds. The van der Waals surface area contributed by atoms with Crippen molar-refractivity contribution in [2.24, 2.45) is 50.2 Å². The number of carboxylic acids is 1. The molecule has 6 nitrogen and oxygen atoms in total. The highest BCUT2D eigenvalue weighted by Crippen LogP contribution is 2.75. The topological polar surface area (TPSA) is 104 Å². The molecule has 3 unspecified atom stereocenters. The van der Waals surface area contributed by atoms with E-state index in [2.05, 4.69) is 54.5 Å². The number of aromatic hydroxyl groups is 1. The molecular formula is C37H52O6. The van der Waals surface area contributed by atoms with E-state index >= 15 is 0 Å². The summed E-state index contributed by atoms with van der Waals surface area (Å²) in [5, 5.41) is 32.3. The number of fused-ring (bicyclic) bond motifs is 7. The molecule has 0 aliphatic heterocycles. The van der Waals surface area contributed by atoms with Gasteiger partial charge in [-0.3, -0.25) is 4.79 Å². The summed E-state index contributed by atoms with van der Waals surface area (Å²) < 4.78 is 6.12. The second kappa shape index (κ2) is 9.58. The number of phenols is 1.